The largest absolute Gasteiger partial charge is 0.495 e. The highest BCUT2D eigenvalue weighted by molar-refractivity contribution is 5.40. The predicted molar refractivity (Wildman–Crippen MR) is 65.9 cm³/mol. The number of aliphatic hydroxyl groups excluding tert-OH is 2. The van der Waals surface area contributed by atoms with Gasteiger partial charge >= 0.3 is 0 Å². The lowest BCUT2D eigenvalue weighted by Gasteiger charge is -2.32. The predicted octanol–water partition coefficient (Wildman–Crippen LogP) is 2.44. The Bertz CT molecular complexity index is 366. The normalized spacial score (nSPS) is 20.2. The SMILES string of the molecule is CCCCCCN1C(O)=CC(C)=C(C#N)C1O. The van der Waals surface area contributed by atoms with Crippen LogP contribution in [-0.2, 0) is 0 Å². The molecule has 94 valence electrons. The molecule has 0 amide bonds. The summed E-state index contributed by atoms with van der Waals surface area (Å²) in [5.41, 5.74) is 0.945. The Hall–Kier alpha value is -1.47. The molecule has 1 rings (SSSR count). The van der Waals surface area contributed by atoms with Gasteiger partial charge in [0, 0.05) is 12.6 Å². The first-order valence-corrected chi connectivity index (χ1v) is 6.08. The van der Waals surface area contributed by atoms with Crippen LogP contribution in [0.2, 0.25) is 0 Å². The second-order valence-corrected chi connectivity index (χ2v) is 4.34. The van der Waals surface area contributed by atoms with Crippen molar-refractivity contribution in [1.29, 1.82) is 5.26 Å². The first-order chi connectivity index (χ1) is 8.11. The number of nitriles is 1. The second-order valence-electron chi connectivity index (χ2n) is 4.34. The zero-order chi connectivity index (χ0) is 12.8. The van der Waals surface area contributed by atoms with Crippen molar-refractivity contribution >= 4 is 0 Å². The van der Waals surface area contributed by atoms with Crippen molar-refractivity contribution in [2.45, 2.75) is 45.8 Å². The summed E-state index contributed by atoms with van der Waals surface area (Å²) in [5.74, 6) is 0.0468. The van der Waals surface area contributed by atoms with Crippen molar-refractivity contribution < 1.29 is 10.2 Å². The van der Waals surface area contributed by atoms with E-state index in [-0.39, 0.29) is 5.88 Å². The molecule has 1 aliphatic heterocycles. The fourth-order valence-electron chi connectivity index (χ4n) is 1.93. The van der Waals surface area contributed by atoms with Gasteiger partial charge in [0.05, 0.1) is 11.6 Å². The van der Waals surface area contributed by atoms with Crippen LogP contribution in [0.1, 0.15) is 39.5 Å². The number of hydrogen-bond donors (Lipinski definition) is 2. The molecule has 1 heterocycles. The third kappa shape index (κ3) is 3.24. The van der Waals surface area contributed by atoms with Crippen LogP contribution in [0.15, 0.2) is 23.1 Å². The van der Waals surface area contributed by atoms with E-state index >= 15 is 0 Å². The van der Waals surface area contributed by atoms with E-state index in [0.29, 0.717) is 17.7 Å². The minimum Gasteiger partial charge on any atom is -0.495 e. The van der Waals surface area contributed by atoms with Gasteiger partial charge in [-0.25, -0.2) is 0 Å². The average molecular weight is 236 g/mol. The number of unbranched alkanes of at least 4 members (excludes halogenated alkanes) is 3. The second kappa shape index (κ2) is 6.31. The standard InChI is InChI=1S/C13H20N2O2/c1-3-4-5-6-7-15-12(16)8-10(2)11(9-14)13(15)17/h8,13,16-17H,3-7H2,1-2H3. The lowest BCUT2D eigenvalue weighted by Crippen LogP contribution is -2.39. The van der Waals surface area contributed by atoms with Gasteiger partial charge in [-0.15, -0.1) is 0 Å². The summed E-state index contributed by atoms with van der Waals surface area (Å²) in [7, 11) is 0. The van der Waals surface area contributed by atoms with Crippen LogP contribution < -0.4 is 0 Å². The number of nitrogens with zero attached hydrogens (tertiary/aromatic N) is 2. The van der Waals surface area contributed by atoms with E-state index in [1.54, 1.807) is 6.92 Å². The van der Waals surface area contributed by atoms with Crippen molar-refractivity contribution in [3.8, 4) is 6.07 Å². The Morgan fingerprint density at radius 3 is 2.71 bits per heavy atom. The van der Waals surface area contributed by atoms with Gasteiger partial charge in [-0.05, 0) is 18.9 Å². The van der Waals surface area contributed by atoms with E-state index < -0.39 is 6.23 Å². The first kappa shape index (κ1) is 13.6. The minimum atomic E-state index is -1.01. The maximum atomic E-state index is 9.97. The molecule has 0 spiro atoms. The van der Waals surface area contributed by atoms with Crippen molar-refractivity contribution in [2.24, 2.45) is 0 Å². The number of aliphatic hydroxyl groups is 2. The molecular weight excluding hydrogens is 216 g/mol. The van der Waals surface area contributed by atoms with E-state index in [0.717, 1.165) is 25.7 Å². The summed E-state index contributed by atoms with van der Waals surface area (Å²) in [6.07, 6.45) is 4.79. The topological polar surface area (TPSA) is 67.5 Å². The van der Waals surface area contributed by atoms with Gasteiger partial charge in [0.2, 0.25) is 0 Å². The Kier molecular flexibility index (Phi) is 5.05. The first-order valence-electron chi connectivity index (χ1n) is 6.08. The van der Waals surface area contributed by atoms with Gasteiger partial charge in [0.25, 0.3) is 0 Å². The summed E-state index contributed by atoms with van der Waals surface area (Å²) < 4.78 is 0. The van der Waals surface area contributed by atoms with Gasteiger partial charge in [-0.2, -0.15) is 5.26 Å². The van der Waals surface area contributed by atoms with Crippen LogP contribution >= 0.6 is 0 Å². The smallest absolute Gasteiger partial charge is 0.189 e. The molecule has 0 aromatic rings. The summed E-state index contributed by atoms with van der Waals surface area (Å²) >= 11 is 0. The highest BCUT2D eigenvalue weighted by atomic mass is 16.3. The summed E-state index contributed by atoms with van der Waals surface area (Å²) in [6, 6.07) is 1.99. The van der Waals surface area contributed by atoms with Crippen LogP contribution in [0.5, 0.6) is 0 Å². The monoisotopic (exact) mass is 236 g/mol. The quantitative estimate of drug-likeness (QED) is 0.719. The highest BCUT2D eigenvalue weighted by Crippen LogP contribution is 2.23. The van der Waals surface area contributed by atoms with E-state index in [4.69, 9.17) is 5.26 Å². The molecule has 1 unspecified atom stereocenters. The minimum absolute atomic E-state index is 0.0468. The molecule has 0 aromatic carbocycles. The fraction of sp³-hybridized carbons (Fsp3) is 0.615. The molecule has 1 atom stereocenters. The molecule has 2 N–H and O–H groups in total. The van der Waals surface area contributed by atoms with Crippen molar-refractivity contribution in [3.05, 3.63) is 23.1 Å². The number of hydrogen-bond acceptors (Lipinski definition) is 4. The van der Waals surface area contributed by atoms with Crippen LogP contribution in [0, 0.1) is 11.3 Å². The van der Waals surface area contributed by atoms with Gasteiger partial charge in [-0.1, -0.05) is 26.2 Å². The summed E-state index contributed by atoms with van der Waals surface area (Å²) in [6.45, 7) is 4.42. The summed E-state index contributed by atoms with van der Waals surface area (Å²) in [5, 5.41) is 28.7. The molecule has 0 fully saturated rings. The highest BCUT2D eigenvalue weighted by Gasteiger charge is 2.26. The number of allylic oxidation sites excluding steroid dienone is 2. The van der Waals surface area contributed by atoms with Crippen LogP contribution in [0.4, 0.5) is 0 Å². The maximum Gasteiger partial charge on any atom is 0.189 e. The molecule has 1 aliphatic rings. The van der Waals surface area contributed by atoms with Crippen molar-refractivity contribution in [1.82, 2.24) is 4.90 Å². The fourth-order valence-corrected chi connectivity index (χ4v) is 1.93. The van der Waals surface area contributed by atoms with Crippen LogP contribution in [0.3, 0.4) is 0 Å². The third-order valence-corrected chi connectivity index (χ3v) is 2.99. The Morgan fingerprint density at radius 2 is 2.12 bits per heavy atom. The van der Waals surface area contributed by atoms with Gasteiger partial charge in [-0.3, -0.25) is 0 Å². The molecule has 17 heavy (non-hydrogen) atoms. The molecular formula is C13H20N2O2. The average Bonchev–Trinajstić information content (AvgIpc) is 2.28. The number of rotatable bonds is 5. The Labute approximate surface area is 102 Å². The maximum absolute atomic E-state index is 9.97. The molecule has 4 heteroatoms. The third-order valence-electron chi connectivity index (χ3n) is 2.99. The Balaban J connectivity index is 2.64. The van der Waals surface area contributed by atoms with Gasteiger partial charge in [0.15, 0.2) is 12.1 Å². The lowest BCUT2D eigenvalue weighted by atomic mass is 10.0. The van der Waals surface area contributed by atoms with Crippen LogP contribution in [-0.4, -0.2) is 27.9 Å². The Morgan fingerprint density at radius 1 is 1.41 bits per heavy atom. The molecule has 0 aliphatic carbocycles. The van der Waals surface area contributed by atoms with Gasteiger partial charge in [0.1, 0.15) is 0 Å². The molecule has 0 saturated heterocycles. The molecule has 0 radical (unpaired) electrons. The molecule has 0 aromatic heterocycles. The lowest BCUT2D eigenvalue weighted by molar-refractivity contribution is 0.0210. The molecule has 4 nitrogen and oxygen atoms in total. The van der Waals surface area contributed by atoms with Crippen molar-refractivity contribution in [3.63, 3.8) is 0 Å². The van der Waals surface area contributed by atoms with E-state index in [9.17, 15) is 10.2 Å². The van der Waals surface area contributed by atoms with Crippen LogP contribution in [0.25, 0.3) is 0 Å². The zero-order valence-electron chi connectivity index (χ0n) is 10.5. The molecule has 0 bridgehead atoms. The van der Waals surface area contributed by atoms with E-state index in [1.807, 2.05) is 6.07 Å². The molecule has 0 saturated carbocycles. The summed E-state index contributed by atoms with van der Waals surface area (Å²) in [4.78, 5) is 1.47. The van der Waals surface area contributed by atoms with Gasteiger partial charge < -0.3 is 15.1 Å². The van der Waals surface area contributed by atoms with E-state index in [1.165, 1.54) is 11.0 Å². The zero-order valence-corrected chi connectivity index (χ0v) is 10.5. The van der Waals surface area contributed by atoms with Crippen molar-refractivity contribution in [2.75, 3.05) is 6.54 Å². The van der Waals surface area contributed by atoms with E-state index in [2.05, 4.69) is 6.92 Å².